The Hall–Kier alpha value is -1.10. The maximum Gasteiger partial charge on any atom is 0.183 e. The monoisotopic (exact) mass is 213 g/mol. The lowest BCUT2D eigenvalue weighted by Gasteiger charge is -2.19. The number of aryl methyl sites for hydroxylation is 1. The van der Waals surface area contributed by atoms with Gasteiger partial charge in [-0.25, -0.2) is 4.98 Å². The number of nitrogens with zero attached hydrogens (tertiary/aromatic N) is 1. The molecule has 1 aromatic rings. The molecule has 0 aliphatic heterocycles. The van der Waals surface area contributed by atoms with Crippen LogP contribution in [-0.4, -0.2) is 16.5 Å². The number of carbonyl (C=O) groups excluding carboxylic acids is 1. The van der Waals surface area contributed by atoms with Crippen molar-refractivity contribution in [2.75, 3.05) is 5.32 Å². The van der Waals surface area contributed by atoms with Gasteiger partial charge >= 0.3 is 0 Å². The standard InChI is InChI=1S/C9H14N2O2S/c1-5-6(7(12)13)14-8(10-5)11-9(2,3)4/h1-4H3,(H,10,11)(H,12,13)/p-1. The number of carboxylic acid groups (broad SMARTS) is 1. The summed E-state index contributed by atoms with van der Waals surface area (Å²) in [6, 6.07) is 0. The summed E-state index contributed by atoms with van der Waals surface area (Å²) < 4.78 is 0. The topological polar surface area (TPSA) is 65.0 Å². The molecule has 0 saturated carbocycles. The molecule has 0 aliphatic rings. The van der Waals surface area contributed by atoms with Crippen molar-refractivity contribution in [2.24, 2.45) is 0 Å². The highest BCUT2D eigenvalue weighted by molar-refractivity contribution is 7.17. The third-order valence-electron chi connectivity index (χ3n) is 1.46. The van der Waals surface area contributed by atoms with E-state index in [4.69, 9.17) is 0 Å². The minimum Gasteiger partial charge on any atom is -0.544 e. The lowest BCUT2D eigenvalue weighted by atomic mass is 10.1. The normalized spacial score (nSPS) is 11.4. The Morgan fingerprint density at radius 3 is 2.43 bits per heavy atom. The van der Waals surface area contributed by atoms with Crippen molar-refractivity contribution >= 4 is 22.4 Å². The molecule has 1 aromatic heterocycles. The van der Waals surface area contributed by atoms with Gasteiger partial charge in [-0.15, -0.1) is 0 Å². The molecule has 0 amide bonds. The van der Waals surface area contributed by atoms with E-state index in [0.717, 1.165) is 11.3 Å². The highest BCUT2D eigenvalue weighted by atomic mass is 32.1. The van der Waals surface area contributed by atoms with Crippen LogP contribution in [-0.2, 0) is 0 Å². The molecular formula is C9H13N2O2S-. The zero-order chi connectivity index (χ0) is 10.9. The van der Waals surface area contributed by atoms with Crippen LogP contribution in [0.15, 0.2) is 0 Å². The van der Waals surface area contributed by atoms with Gasteiger partial charge in [0, 0.05) is 5.54 Å². The number of aromatic carboxylic acids is 1. The summed E-state index contributed by atoms with van der Waals surface area (Å²) in [5, 5.41) is 14.4. The summed E-state index contributed by atoms with van der Waals surface area (Å²) in [4.78, 5) is 14.9. The van der Waals surface area contributed by atoms with Crippen LogP contribution in [0.3, 0.4) is 0 Å². The molecule has 0 aromatic carbocycles. The lowest BCUT2D eigenvalue weighted by molar-refractivity contribution is -0.254. The van der Waals surface area contributed by atoms with Gasteiger partial charge in [-0.3, -0.25) is 0 Å². The molecule has 0 spiro atoms. The van der Waals surface area contributed by atoms with Crippen molar-refractivity contribution < 1.29 is 9.90 Å². The third-order valence-corrected chi connectivity index (χ3v) is 2.52. The van der Waals surface area contributed by atoms with Gasteiger partial charge in [0.05, 0.1) is 16.5 Å². The number of hydrogen-bond donors (Lipinski definition) is 1. The van der Waals surface area contributed by atoms with E-state index in [1.54, 1.807) is 6.92 Å². The van der Waals surface area contributed by atoms with Gasteiger partial charge in [0.2, 0.25) is 0 Å². The Bertz CT molecular complexity index is 352. The SMILES string of the molecule is Cc1nc(NC(C)(C)C)sc1C(=O)[O-]. The summed E-state index contributed by atoms with van der Waals surface area (Å²) in [5.74, 6) is -1.16. The molecule has 1 rings (SSSR count). The van der Waals surface area contributed by atoms with Crippen molar-refractivity contribution in [3.63, 3.8) is 0 Å². The van der Waals surface area contributed by atoms with Crippen molar-refractivity contribution in [1.29, 1.82) is 0 Å². The van der Waals surface area contributed by atoms with Crippen LogP contribution < -0.4 is 10.4 Å². The third kappa shape index (κ3) is 2.70. The molecule has 4 nitrogen and oxygen atoms in total. The smallest absolute Gasteiger partial charge is 0.183 e. The molecule has 1 N–H and O–H groups in total. The van der Waals surface area contributed by atoms with Gasteiger partial charge in [-0.05, 0) is 27.7 Å². The van der Waals surface area contributed by atoms with Gasteiger partial charge in [0.1, 0.15) is 0 Å². The highest BCUT2D eigenvalue weighted by Gasteiger charge is 2.14. The second kappa shape index (κ2) is 3.57. The highest BCUT2D eigenvalue weighted by Crippen LogP contribution is 2.24. The minimum absolute atomic E-state index is 0.118. The van der Waals surface area contributed by atoms with E-state index >= 15 is 0 Å². The predicted molar refractivity (Wildman–Crippen MR) is 54.6 cm³/mol. The summed E-state index contributed by atoms with van der Waals surface area (Å²) in [5.41, 5.74) is 0.384. The molecule has 0 fully saturated rings. The van der Waals surface area contributed by atoms with Crippen molar-refractivity contribution in [3.8, 4) is 0 Å². The van der Waals surface area contributed by atoms with Crippen LogP contribution in [0.1, 0.15) is 36.1 Å². The van der Waals surface area contributed by atoms with Crippen LogP contribution in [0.2, 0.25) is 0 Å². The number of anilines is 1. The number of carboxylic acids is 1. The summed E-state index contributed by atoms with van der Waals surface area (Å²) in [7, 11) is 0. The Morgan fingerprint density at radius 2 is 2.07 bits per heavy atom. The van der Waals surface area contributed by atoms with E-state index < -0.39 is 5.97 Å². The van der Waals surface area contributed by atoms with Crippen LogP contribution >= 0.6 is 11.3 Å². The minimum atomic E-state index is -1.16. The van der Waals surface area contributed by atoms with Crippen molar-refractivity contribution in [2.45, 2.75) is 33.2 Å². The Kier molecular flexibility index (Phi) is 2.80. The lowest BCUT2D eigenvalue weighted by Crippen LogP contribution is -2.25. The molecular weight excluding hydrogens is 200 g/mol. The molecule has 0 saturated heterocycles. The molecule has 5 heteroatoms. The fraction of sp³-hybridized carbons (Fsp3) is 0.556. The zero-order valence-corrected chi connectivity index (χ0v) is 9.49. The summed E-state index contributed by atoms with van der Waals surface area (Å²) >= 11 is 1.11. The fourth-order valence-electron chi connectivity index (χ4n) is 0.960. The second-order valence-corrected chi connectivity index (χ2v) is 5.10. The van der Waals surface area contributed by atoms with Gasteiger partial charge in [-0.2, -0.15) is 0 Å². The van der Waals surface area contributed by atoms with E-state index in [9.17, 15) is 9.90 Å². The van der Waals surface area contributed by atoms with Crippen LogP contribution in [0, 0.1) is 6.92 Å². The first kappa shape index (κ1) is 11.0. The number of hydrogen-bond acceptors (Lipinski definition) is 5. The van der Waals surface area contributed by atoms with E-state index in [2.05, 4.69) is 10.3 Å². The first-order valence-corrected chi connectivity index (χ1v) is 5.08. The largest absolute Gasteiger partial charge is 0.544 e. The maximum absolute atomic E-state index is 10.6. The Morgan fingerprint density at radius 1 is 1.50 bits per heavy atom. The average Bonchev–Trinajstić information content (AvgIpc) is 2.26. The molecule has 0 aliphatic carbocycles. The number of aromatic nitrogens is 1. The number of rotatable bonds is 2. The second-order valence-electron chi connectivity index (χ2n) is 4.10. The van der Waals surface area contributed by atoms with Gasteiger partial charge < -0.3 is 15.2 Å². The zero-order valence-electron chi connectivity index (χ0n) is 8.67. The van der Waals surface area contributed by atoms with Gasteiger partial charge in [0.15, 0.2) is 5.13 Å². The Labute approximate surface area is 87.0 Å². The molecule has 78 valence electrons. The molecule has 0 radical (unpaired) electrons. The molecule has 1 heterocycles. The van der Waals surface area contributed by atoms with Crippen LogP contribution in [0.5, 0.6) is 0 Å². The maximum atomic E-state index is 10.6. The number of carbonyl (C=O) groups is 1. The van der Waals surface area contributed by atoms with E-state index in [1.807, 2.05) is 20.8 Å². The summed E-state index contributed by atoms with van der Waals surface area (Å²) in [6.07, 6.45) is 0. The number of thiazole rings is 1. The van der Waals surface area contributed by atoms with Crippen LogP contribution in [0.4, 0.5) is 5.13 Å². The van der Waals surface area contributed by atoms with Crippen LogP contribution in [0.25, 0.3) is 0 Å². The van der Waals surface area contributed by atoms with E-state index in [1.165, 1.54) is 0 Å². The van der Waals surface area contributed by atoms with Gasteiger partial charge in [0.25, 0.3) is 0 Å². The average molecular weight is 213 g/mol. The van der Waals surface area contributed by atoms with Crippen molar-refractivity contribution in [1.82, 2.24) is 4.98 Å². The first-order valence-electron chi connectivity index (χ1n) is 4.26. The first-order chi connectivity index (χ1) is 6.29. The van der Waals surface area contributed by atoms with E-state index in [0.29, 0.717) is 10.8 Å². The summed E-state index contributed by atoms with van der Waals surface area (Å²) in [6.45, 7) is 7.63. The quantitative estimate of drug-likeness (QED) is 0.796. The van der Waals surface area contributed by atoms with E-state index in [-0.39, 0.29) is 10.4 Å². The van der Waals surface area contributed by atoms with Gasteiger partial charge in [-0.1, -0.05) is 11.3 Å². The Balaban J connectivity index is 2.92. The molecule has 0 atom stereocenters. The van der Waals surface area contributed by atoms with Crippen molar-refractivity contribution in [3.05, 3.63) is 10.6 Å². The predicted octanol–water partition coefficient (Wildman–Crippen LogP) is 1.03. The molecule has 14 heavy (non-hydrogen) atoms. The molecule has 0 bridgehead atoms. The fourth-order valence-corrected chi connectivity index (χ4v) is 1.97. The number of nitrogens with one attached hydrogen (secondary N) is 1. The molecule has 0 unspecified atom stereocenters.